The van der Waals surface area contributed by atoms with Gasteiger partial charge in [0.05, 0.1) is 7.11 Å². The molecule has 164 valence electrons. The van der Waals surface area contributed by atoms with E-state index in [1.165, 1.54) is 0 Å². The number of carbonyl (C=O) groups excluding carboxylic acids is 2. The molecule has 1 aliphatic heterocycles. The molecule has 0 spiro atoms. The van der Waals surface area contributed by atoms with Crippen LogP contribution in [0, 0.1) is 0 Å². The lowest BCUT2D eigenvalue weighted by molar-refractivity contribution is -0.132. The first-order valence-corrected chi connectivity index (χ1v) is 10.8. The minimum Gasteiger partial charge on any atom is -0.497 e. The van der Waals surface area contributed by atoms with Crippen LogP contribution in [0.15, 0.2) is 72.8 Å². The summed E-state index contributed by atoms with van der Waals surface area (Å²) in [7, 11) is 1.62. The summed E-state index contributed by atoms with van der Waals surface area (Å²) in [5, 5.41) is 3.62. The first kappa shape index (κ1) is 21.9. The highest BCUT2D eigenvalue weighted by atomic mass is 35.5. The summed E-state index contributed by atoms with van der Waals surface area (Å²) in [6.45, 7) is 2.48. The molecule has 6 heteroatoms. The fraction of sp³-hybridized carbons (Fsp3) is 0.231. The first-order chi connectivity index (χ1) is 15.4. The van der Waals surface area contributed by atoms with Crippen molar-refractivity contribution in [1.82, 2.24) is 10.2 Å². The van der Waals surface area contributed by atoms with Crippen LogP contribution in [0.1, 0.15) is 34.0 Å². The number of hydrogen-bond donors (Lipinski definition) is 1. The molecule has 0 aromatic heterocycles. The van der Waals surface area contributed by atoms with Crippen LogP contribution in [-0.4, -0.2) is 29.4 Å². The largest absolute Gasteiger partial charge is 0.497 e. The van der Waals surface area contributed by atoms with Crippen molar-refractivity contribution in [2.45, 2.75) is 32.0 Å². The summed E-state index contributed by atoms with van der Waals surface area (Å²) in [5.41, 5.74) is 2.29. The van der Waals surface area contributed by atoms with Crippen LogP contribution < -0.4 is 10.1 Å². The minimum atomic E-state index is -1.04. The Labute approximate surface area is 193 Å². The maximum absolute atomic E-state index is 13.5. The van der Waals surface area contributed by atoms with E-state index in [1.807, 2.05) is 73.7 Å². The highest BCUT2D eigenvalue weighted by Gasteiger charge is 2.46. The molecule has 2 amide bonds. The van der Waals surface area contributed by atoms with E-state index in [4.69, 9.17) is 16.3 Å². The fourth-order valence-corrected chi connectivity index (χ4v) is 4.31. The van der Waals surface area contributed by atoms with Gasteiger partial charge in [-0.2, -0.15) is 0 Å². The second kappa shape index (κ2) is 9.05. The Morgan fingerprint density at radius 3 is 2.53 bits per heavy atom. The van der Waals surface area contributed by atoms with E-state index >= 15 is 0 Å². The zero-order chi connectivity index (χ0) is 22.7. The van der Waals surface area contributed by atoms with Crippen LogP contribution in [0.4, 0.5) is 0 Å². The summed E-state index contributed by atoms with van der Waals surface area (Å²) < 4.78 is 5.19. The molecule has 0 saturated heterocycles. The van der Waals surface area contributed by atoms with Crippen LogP contribution in [0.2, 0.25) is 5.02 Å². The summed E-state index contributed by atoms with van der Waals surface area (Å²) >= 11 is 6.16. The number of fused-ring (bicyclic) bond motifs is 1. The molecule has 32 heavy (non-hydrogen) atoms. The van der Waals surface area contributed by atoms with E-state index in [0.717, 1.165) is 22.4 Å². The van der Waals surface area contributed by atoms with Gasteiger partial charge in [0.15, 0.2) is 0 Å². The Morgan fingerprint density at radius 2 is 1.81 bits per heavy atom. The second-order valence-electron chi connectivity index (χ2n) is 8.16. The predicted octanol–water partition coefficient (Wildman–Crippen LogP) is 4.62. The van der Waals surface area contributed by atoms with Crippen molar-refractivity contribution in [2.75, 3.05) is 7.11 Å². The summed E-state index contributed by atoms with van der Waals surface area (Å²) in [6, 6.07) is 22.4. The fourth-order valence-electron chi connectivity index (χ4n) is 4.10. The third-order valence-corrected chi connectivity index (χ3v) is 6.19. The maximum Gasteiger partial charge on any atom is 0.255 e. The van der Waals surface area contributed by atoms with Crippen molar-refractivity contribution in [3.63, 3.8) is 0 Å². The van der Waals surface area contributed by atoms with Gasteiger partial charge in [0.1, 0.15) is 11.3 Å². The maximum atomic E-state index is 13.5. The monoisotopic (exact) mass is 448 g/mol. The van der Waals surface area contributed by atoms with E-state index in [-0.39, 0.29) is 11.8 Å². The molecule has 1 N–H and O–H groups in total. The van der Waals surface area contributed by atoms with Crippen molar-refractivity contribution in [3.05, 3.63) is 100 Å². The number of amides is 2. The van der Waals surface area contributed by atoms with Crippen molar-refractivity contribution in [3.8, 4) is 5.75 Å². The zero-order valence-corrected chi connectivity index (χ0v) is 18.9. The van der Waals surface area contributed by atoms with Crippen molar-refractivity contribution in [2.24, 2.45) is 0 Å². The molecular formula is C26H25ClN2O3. The summed E-state index contributed by atoms with van der Waals surface area (Å²) in [6.07, 6.45) is 0.434. The Bertz CT molecular complexity index is 1150. The average Bonchev–Trinajstić information content (AvgIpc) is 2.80. The number of methoxy groups -OCH3 is 1. The molecular weight excluding hydrogens is 424 g/mol. The Hall–Kier alpha value is -3.31. The normalized spacial score (nSPS) is 17.6. The number of halogens is 1. The highest BCUT2D eigenvalue weighted by Crippen LogP contribution is 2.33. The molecule has 0 unspecified atom stereocenters. The molecule has 5 nitrogen and oxygen atoms in total. The molecule has 3 aromatic rings. The molecule has 0 bridgehead atoms. The molecule has 0 fully saturated rings. The van der Waals surface area contributed by atoms with Crippen LogP contribution >= 0.6 is 11.6 Å². The van der Waals surface area contributed by atoms with Gasteiger partial charge in [-0.1, -0.05) is 54.1 Å². The van der Waals surface area contributed by atoms with E-state index in [0.29, 0.717) is 30.1 Å². The van der Waals surface area contributed by atoms with Crippen LogP contribution in [0.3, 0.4) is 0 Å². The standard InChI is InChI=1S/C26H25ClN2O3/c1-26(25(31)28-16-18-10-12-22(32-2)13-11-18)15-20-7-3-4-9-23(20)24(30)29(26)17-19-6-5-8-21(27)14-19/h3-14H,15-17H2,1-2H3,(H,28,31)/t26-/m1/s1. The molecule has 0 saturated carbocycles. The van der Waals surface area contributed by atoms with Gasteiger partial charge in [0.25, 0.3) is 5.91 Å². The molecule has 0 radical (unpaired) electrons. The number of rotatable bonds is 6. The van der Waals surface area contributed by atoms with Gasteiger partial charge < -0.3 is 15.0 Å². The lowest BCUT2D eigenvalue weighted by Gasteiger charge is -2.44. The number of ether oxygens (including phenoxy) is 1. The number of nitrogens with one attached hydrogen (secondary N) is 1. The van der Waals surface area contributed by atoms with Gasteiger partial charge in [-0.3, -0.25) is 9.59 Å². The smallest absolute Gasteiger partial charge is 0.255 e. The van der Waals surface area contributed by atoms with Gasteiger partial charge >= 0.3 is 0 Å². The van der Waals surface area contributed by atoms with Gasteiger partial charge in [-0.25, -0.2) is 0 Å². The van der Waals surface area contributed by atoms with Crippen LogP contribution in [0.5, 0.6) is 5.75 Å². The summed E-state index contributed by atoms with van der Waals surface area (Å²) in [5.74, 6) is 0.404. The lowest BCUT2D eigenvalue weighted by Crippen LogP contribution is -2.62. The van der Waals surface area contributed by atoms with E-state index < -0.39 is 5.54 Å². The zero-order valence-electron chi connectivity index (χ0n) is 18.1. The van der Waals surface area contributed by atoms with Crippen LogP contribution in [-0.2, 0) is 24.3 Å². The van der Waals surface area contributed by atoms with E-state index in [9.17, 15) is 9.59 Å². The van der Waals surface area contributed by atoms with Crippen molar-refractivity contribution in [1.29, 1.82) is 0 Å². The third-order valence-electron chi connectivity index (χ3n) is 5.95. The van der Waals surface area contributed by atoms with E-state index in [1.54, 1.807) is 18.1 Å². The Balaban J connectivity index is 1.62. The molecule has 3 aromatic carbocycles. The first-order valence-electron chi connectivity index (χ1n) is 10.5. The van der Waals surface area contributed by atoms with Crippen LogP contribution in [0.25, 0.3) is 0 Å². The number of hydrogen-bond acceptors (Lipinski definition) is 3. The van der Waals surface area contributed by atoms with Gasteiger partial charge in [-0.15, -0.1) is 0 Å². The van der Waals surface area contributed by atoms with Crippen molar-refractivity contribution >= 4 is 23.4 Å². The Kier molecular flexibility index (Phi) is 6.19. The average molecular weight is 449 g/mol. The quantitative estimate of drug-likeness (QED) is 0.598. The Morgan fingerprint density at radius 1 is 1.06 bits per heavy atom. The lowest BCUT2D eigenvalue weighted by atomic mass is 9.82. The van der Waals surface area contributed by atoms with Gasteiger partial charge in [0.2, 0.25) is 5.91 Å². The topological polar surface area (TPSA) is 58.6 Å². The predicted molar refractivity (Wildman–Crippen MR) is 125 cm³/mol. The van der Waals surface area contributed by atoms with E-state index in [2.05, 4.69) is 5.32 Å². The molecule has 4 rings (SSSR count). The van der Waals surface area contributed by atoms with Crippen molar-refractivity contribution < 1.29 is 14.3 Å². The number of carbonyl (C=O) groups is 2. The SMILES string of the molecule is COc1ccc(CNC(=O)[C@@]2(C)Cc3ccccc3C(=O)N2Cc2cccc(Cl)c2)cc1. The van der Waals surface area contributed by atoms with Gasteiger partial charge in [0, 0.05) is 30.1 Å². The minimum absolute atomic E-state index is 0.158. The molecule has 1 heterocycles. The molecule has 1 atom stereocenters. The summed E-state index contributed by atoms with van der Waals surface area (Å²) in [4.78, 5) is 28.6. The third kappa shape index (κ3) is 4.34. The highest BCUT2D eigenvalue weighted by molar-refractivity contribution is 6.30. The number of benzene rings is 3. The second-order valence-corrected chi connectivity index (χ2v) is 8.60. The molecule has 0 aliphatic carbocycles. The molecule has 1 aliphatic rings. The number of nitrogens with zero attached hydrogens (tertiary/aromatic N) is 1. The van der Waals surface area contributed by atoms with Gasteiger partial charge in [-0.05, 0) is 53.9 Å².